The van der Waals surface area contributed by atoms with Gasteiger partial charge in [0.2, 0.25) is 0 Å². The second-order valence-electron chi connectivity index (χ2n) is 6.67. The lowest BCUT2D eigenvalue weighted by Crippen LogP contribution is -2.44. The maximum atomic E-state index is 13.8. The van der Waals surface area contributed by atoms with Gasteiger partial charge in [-0.2, -0.15) is 0 Å². The molecule has 1 fully saturated rings. The molecule has 3 N–H and O–H groups in total. The minimum atomic E-state index is -0.967. The second-order valence-corrected chi connectivity index (χ2v) is 6.67. The van der Waals surface area contributed by atoms with Crippen LogP contribution in [0.15, 0.2) is 59.6 Å². The Bertz CT molecular complexity index is 753. The molecule has 1 aliphatic rings. The Morgan fingerprint density at radius 3 is 2.70 bits per heavy atom. The lowest BCUT2D eigenvalue weighted by Gasteiger charge is -2.20. The van der Waals surface area contributed by atoms with Crippen molar-refractivity contribution in [3.8, 4) is 0 Å². The van der Waals surface area contributed by atoms with E-state index in [1.54, 1.807) is 18.2 Å². The number of aliphatic hydroxyl groups excluding tert-OH is 1. The highest BCUT2D eigenvalue weighted by atomic mass is 19.1. The summed E-state index contributed by atoms with van der Waals surface area (Å²) in [6.45, 7) is 4.70. The van der Waals surface area contributed by atoms with E-state index in [1.165, 1.54) is 11.8 Å². The van der Waals surface area contributed by atoms with Crippen molar-refractivity contribution in [3.05, 3.63) is 66.0 Å². The summed E-state index contributed by atoms with van der Waals surface area (Å²) in [7, 11) is 0. The zero-order valence-electron chi connectivity index (χ0n) is 15.6. The van der Waals surface area contributed by atoms with Gasteiger partial charge in [0.25, 0.3) is 0 Å². The van der Waals surface area contributed by atoms with Crippen molar-refractivity contribution >= 4 is 11.6 Å². The molecule has 0 bridgehead atoms. The summed E-state index contributed by atoms with van der Waals surface area (Å²) in [5.74, 6) is 0.236. The molecule has 1 heterocycles. The Labute approximate surface area is 159 Å². The number of nitrogens with zero attached hydrogens (tertiary/aromatic N) is 2. The van der Waals surface area contributed by atoms with Gasteiger partial charge in [-0.3, -0.25) is 4.99 Å². The van der Waals surface area contributed by atoms with Crippen molar-refractivity contribution in [2.75, 3.05) is 31.1 Å². The number of benzene rings is 2. The van der Waals surface area contributed by atoms with Crippen LogP contribution in [0.1, 0.15) is 25.0 Å². The first-order valence-corrected chi connectivity index (χ1v) is 9.44. The molecule has 1 saturated heterocycles. The van der Waals surface area contributed by atoms with Crippen LogP contribution in [-0.4, -0.2) is 43.3 Å². The van der Waals surface area contributed by atoms with Gasteiger partial charge in [0.05, 0.1) is 6.54 Å². The van der Waals surface area contributed by atoms with E-state index in [0.717, 1.165) is 26.1 Å². The van der Waals surface area contributed by atoms with Crippen molar-refractivity contribution in [2.45, 2.75) is 25.5 Å². The fourth-order valence-electron chi connectivity index (χ4n) is 3.29. The number of anilines is 1. The highest BCUT2D eigenvalue weighted by Gasteiger charge is 2.23. The number of aliphatic hydroxyl groups is 1. The zero-order valence-corrected chi connectivity index (χ0v) is 15.6. The van der Waals surface area contributed by atoms with Crippen molar-refractivity contribution in [2.24, 2.45) is 4.99 Å². The molecule has 2 unspecified atom stereocenters. The fraction of sp³-hybridized carbons (Fsp3) is 0.381. The predicted octanol–water partition coefficient (Wildman–Crippen LogP) is 2.69. The van der Waals surface area contributed by atoms with E-state index in [4.69, 9.17) is 0 Å². The Morgan fingerprint density at radius 1 is 1.22 bits per heavy atom. The molecular formula is C21H27FN4O. The summed E-state index contributed by atoms with van der Waals surface area (Å²) in [5, 5.41) is 16.9. The quantitative estimate of drug-likeness (QED) is 0.541. The molecule has 27 heavy (non-hydrogen) atoms. The molecule has 0 radical (unpaired) electrons. The summed E-state index contributed by atoms with van der Waals surface area (Å²) in [6, 6.07) is 16.9. The summed E-state index contributed by atoms with van der Waals surface area (Å²) < 4.78 is 13.8. The summed E-state index contributed by atoms with van der Waals surface area (Å²) in [4.78, 5) is 6.79. The first-order chi connectivity index (χ1) is 13.2. The molecule has 0 aromatic heterocycles. The van der Waals surface area contributed by atoms with E-state index in [0.29, 0.717) is 5.96 Å². The average Bonchev–Trinajstić information content (AvgIpc) is 3.16. The largest absolute Gasteiger partial charge is 0.386 e. The van der Waals surface area contributed by atoms with Gasteiger partial charge < -0.3 is 20.6 Å². The van der Waals surface area contributed by atoms with Gasteiger partial charge in [-0.05, 0) is 31.5 Å². The molecule has 2 aromatic carbocycles. The first kappa shape index (κ1) is 19.2. The van der Waals surface area contributed by atoms with Crippen LogP contribution in [0, 0.1) is 5.82 Å². The maximum Gasteiger partial charge on any atom is 0.191 e. The molecule has 144 valence electrons. The van der Waals surface area contributed by atoms with E-state index in [9.17, 15) is 9.50 Å². The topological polar surface area (TPSA) is 59.9 Å². The standard InChI is InChI=1S/C21H27FN4O/c1-2-23-21(24-14-20(27)18-10-6-7-11-19(18)22)25-16-12-13-26(15-16)17-8-4-3-5-9-17/h3-11,16,20,27H,2,12-15H2,1H3,(H2,23,24,25). The maximum absolute atomic E-state index is 13.8. The average molecular weight is 370 g/mol. The van der Waals surface area contributed by atoms with Crippen LogP contribution in [0.25, 0.3) is 0 Å². The molecule has 0 aliphatic carbocycles. The smallest absolute Gasteiger partial charge is 0.191 e. The Hall–Kier alpha value is -2.60. The van der Waals surface area contributed by atoms with Crippen molar-refractivity contribution in [1.29, 1.82) is 0 Å². The first-order valence-electron chi connectivity index (χ1n) is 9.44. The van der Waals surface area contributed by atoms with Crippen LogP contribution in [-0.2, 0) is 0 Å². The van der Waals surface area contributed by atoms with E-state index in [2.05, 4.69) is 32.7 Å². The van der Waals surface area contributed by atoms with Gasteiger partial charge in [-0.15, -0.1) is 0 Å². The van der Waals surface area contributed by atoms with E-state index < -0.39 is 11.9 Å². The summed E-state index contributed by atoms with van der Waals surface area (Å²) >= 11 is 0. The van der Waals surface area contributed by atoms with Gasteiger partial charge in [0.1, 0.15) is 11.9 Å². The van der Waals surface area contributed by atoms with Crippen LogP contribution in [0.2, 0.25) is 0 Å². The molecule has 0 spiro atoms. The SMILES string of the molecule is CCNC(=NCC(O)c1ccccc1F)NC1CCN(c2ccccc2)C1. The molecular weight excluding hydrogens is 343 g/mol. The molecule has 6 heteroatoms. The van der Waals surface area contributed by atoms with Crippen LogP contribution in [0.3, 0.4) is 0 Å². The van der Waals surface area contributed by atoms with Gasteiger partial charge in [-0.25, -0.2) is 4.39 Å². The second kappa shape index (κ2) is 9.37. The molecule has 3 rings (SSSR count). The lowest BCUT2D eigenvalue weighted by molar-refractivity contribution is 0.182. The lowest BCUT2D eigenvalue weighted by atomic mass is 10.1. The normalized spacial score (nSPS) is 18.4. The third kappa shape index (κ3) is 5.20. The van der Waals surface area contributed by atoms with Crippen LogP contribution in [0.4, 0.5) is 10.1 Å². The summed E-state index contributed by atoms with van der Waals surface area (Å²) in [5.41, 5.74) is 1.49. The van der Waals surface area contributed by atoms with E-state index in [-0.39, 0.29) is 18.2 Å². The minimum Gasteiger partial charge on any atom is -0.386 e. The number of para-hydroxylation sites is 1. The number of halogens is 1. The fourth-order valence-corrected chi connectivity index (χ4v) is 3.29. The third-order valence-electron chi connectivity index (χ3n) is 4.68. The molecule has 2 aromatic rings. The Kier molecular flexibility index (Phi) is 6.65. The molecule has 1 aliphatic heterocycles. The van der Waals surface area contributed by atoms with Crippen molar-refractivity contribution in [1.82, 2.24) is 10.6 Å². The van der Waals surface area contributed by atoms with Gasteiger partial charge in [-0.1, -0.05) is 36.4 Å². The van der Waals surface area contributed by atoms with Crippen LogP contribution >= 0.6 is 0 Å². The number of guanidine groups is 1. The number of nitrogens with one attached hydrogen (secondary N) is 2. The van der Waals surface area contributed by atoms with E-state index in [1.807, 2.05) is 25.1 Å². The predicted molar refractivity (Wildman–Crippen MR) is 108 cm³/mol. The van der Waals surface area contributed by atoms with Gasteiger partial charge >= 0.3 is 0 Å². The highest BCUT2D eigenvalue weighted by molar-refractivity contribution is 5.80. The number of hydrogen-bond acceptors (Lipinski definition) is 3. The minimum absolute atomic E-state index is 0.103. The van der Waals surface area contributed by atoms with Crippen molar-refractivity contribution < 1.29 is 9.50 Å². The molecule has 2 atom stereocenters. The monoisotopic (exact) mass is 370 g/mol. The third-order valence-corrected chi connectivity index (χ3v) is 4.68. The van der Waals surface area contributed by atoms with Gasteiger partial charge in [0, 0.05) is 36.9 Å². The Morgan fingerprint density at radius 2 is 1.96 bits per heavy atom. The highest BCUT2D eigenvalue weighted by Crippen LogP contribution is 2.20. The molecule has 5 nitrogen and oxygen atoms in total. The Balaban J connectivity index is 1.59. The molecule has 0 saturated carbocycles. The number of rotatable bonds is 6. The number of aliphatic imine (C=N–C) groups is 1. The van der Waals surface area contributed by atoms with Crippen LogP contribution < -0.4 is 15.5 Å². The van der Waals surface area contributed by atoms with Gasteiger partial charge in [0.15, 0.2) is 5.96 Å². The number of hydrogen-bond donors (Lipinski definition) is 3. The van der Waals surface area contributed by atoms with Crippen molar-refractivity contribution in [3.63, 3.8) is 0 Å². The molecule has 0 amide bonds. The van der Waals surface area contributed by atoms with Crippen LogP contribution in [0.5, 0.6) is 0 Å². The zero-order chi connectivity index (χ0) is 19.1. The summed E-state index contributed by atoms with van der Waals surface area (Å²) in [6.07, 6.45) is 0.0425. The van der Waals surface area contributed by atoms with E-state index >= 15 is 0 Å².